The number of hydrogen-bond acceptors (Lipinski definition) is 3. The molecule has 5 heteroatoms. The Kier molecular flexibility index (Phi) is 5.59. The van der Waals surface area contributed by atoms with Crippen molar-refractivity contribution in [3.8, 4) is 22.6 Å². The average Bonchev–Trinajstić information content (AvgIpc) is 2.62. The molecule has 0 amide bonds. The van der Waals surface area contributed by atoms with Gasteiger partial charge in [0.15, 0.2) is 6.61 Å². The summed E-state index contributed by atoms with van der Waals surface area (Å²) in [5.74, 6) is 0.332. The summed E-state index contributed by atoms with van der Waals surface area (Å²) in [7, 11) is 0. The van der Waals surface area contributed by atoms with Gasteiger partial charge in [-0.05, 0) is 29.8 Å². The van der Waals surface area contributed by atoms with Crippen LogP contribution < -0.4 is 9.47 Å². The first-order valence-electron chi connectivity index (χ1n) is 7.56. The predicted molar refractivity (Wildman–Crippen MR) is 99.5 cm³/mol. The number of esters is 1. The maximum Gasteiger partial charge on any atom is 0.349 e. The zero-order chi connectivity index (χ0) is 17.6. The van der Waals surface area contributed by atoms with Crippen LogP contribution in [0.4, 0.5) is 0 Å². The van der Waals surface area contributed by atoms with Crippen molar-refractivity contribution >= 4 is 29.2 Å². The monoisotopic (exact) mass is 372 g/mol. The van der Waals surface area contributed by atoms with E-state index in [-0.39, 0.29) is 6.61 Å². The van der Waals surface area contributed by atoms with Gasteiger partial charge in [0.2, 0.25) is 0 Å². The Labute approximate surface area is 155 Å². The summed E-state index contributed by atoms with van der Waals surface area (Å²) in [6.45, 7) is -0.259. The molecule has 0 N–H and O–H groups in total. The van der Waals surface area contributed by atoms with E-state index in [1.807, 2.05) is 48.5 Å². The largest absolute Gasteiger partial charge is 0.480 e. The Morgan fingerprint density at radius 3 is 2.32 bits per heavy atom. The normalized spacial score (nSPS) is 10.3. The highest BCUT2D eigenvalue weighted by atomic mass is 35.5. The third-order valence-corrected chi connectivity index (χ3v) is 3.97. The zero-order valence-corrected chi connectivity index (χ0v) is 14.6. The smallest absolute Gasteiger partial charge is 0.349 e. The van der Waals surface area contributed by atoms with E-state index in [0.29, 0.717) is 21.5 Å². The quantitative estimate of drug-likeness (QED) is 0.429. The molecule has 0 heterocycles. The number of benzene rings is 3. The Hall–Kier alpha value is -2.49. The van der Waals surface area contributed by atoms with Crippen LogP contribution in [0.15, 0.2) is 72.8 Å². The minimum atomic E-state index is -0.519. The molecule has 0 aromatic heterocycles. The molecule has 0 aliphatic heterocycles. The average molecular weight is 373 g/mol. The molecule has 0 saturated heterocycles. The summed E-state index contributed by atoms with van der Waals surface area (Å²) >= 11 is 11.8. The van der Waals surface area contributed by atoms with Gasteiger partial charge in [0.05, 0.1) is 5.02 Å². The Bertz CT molecular complexity index is 879. The van der Waals surface area contributed by atoms with Crippen LogP contribution in [0.3, 0.4) is 0 Å². The van der Waals surface area contributed by atoms with Gasteiger partial charge in [0.1, 0.15) is 11.5 Å². The molecule has 0 aliphatic carbocycles. The number of para-hydroxylation sites is 1. The fourth-order valence-corrected chi connectivity index (χ4v) is 2.76. The highest BCUT2D eigenvalue weighted by Crippen LogP contribution is 2.30. The number of halogens is 2. The number of carbonyl (C=O) groups is 1. The second-order valence-electron chi connectivity index (χ2n) is 5.20. The molecule has 0 atom stereocenters. The van der Waals surface area contributed by atoms with Gasteiger partial charge in [-0.1, -0.05) is 71.7 Å². The maximum absolute atomic E-state index is 12.1. The fraction of sp³-hybridized carbons (Fsp3) is 0.0500. The van der Waals surface area contributed by atoms with E-state index in [1.165, 1.54) is 0 Å². The number of ether oxygens (including phenoxy) is 2. The summed E-state index contributed by atoms with van der Waals surface area (Å²) < 4.78 is 10.9. The van der Waals surface area contributed by atoms with Crippen LogP contribution in [0.25, 0.3) is 11.1 Å². The second-order valence-corrected chi connectivity index (χ2v) is 6.04. The fourth-order valence-electron chi connectivity index (χ4n) is 2.29. The van der Waals surface area contributed by atoms with E-state index in [4.69, 9.17) is 32.7 Å². The van der Waals surface area contributed by atoms with Gasteiger partial charge in [-0.3, -0.25) is 0 Å². The minimum absolute atomic E-state index is 0.259. The van der Waals surface area contributed by atoms with Gasteiger partial charge >= 0.3 is 5.97 Å². The summed E-state index contributed by atoms with van der Waals surface area (Å²) in [6.07, 6.45) is 0. The van der Waals surface area contributed by atoms with Crippen LogP contribution in [0.1, 0.15) is 0 Å². The van der Waals surface area contributed by atoms with Crippen molar-refractivity contribution in [3.05, 3.63) is 82.8 Å². The number of carbonyl (C=O) groups excluding carboxylic acids is 1. The van der Waals surface area contributed by atoms with Crippen molar-refractivity contribution in [1.29, 1.82) is 0 Å². The van der Waals surface area contributed by atoms with Crippen molar-refractivity contribution < 1.29 is 14.3 Å². The topological polar surface area (TPSA) is 35.5 Å². The molecule has 0 fully saturated rings. The molecule has 3 nitrogen and oxygen atoms in total. The van der Waals surface area contributed by atoms with Gasteiger partial charge in [-0.15, -0.1) is 0 Å². The summed E-state index contributed by atoms with van der Waals surface area (Å²) in [6, 6.07) is 21.8. The standard InChI is InChI=1S/C20H14Cl2O3/c21-15-10-11-19(17(22)12-15)24-13-20(23)25-18-9-5-4-8-16(18)14-6-2-1-3-7-14/h1-12H,13H2. The Balaban J connectivity index is 1.69. The molecule has 0 spiro atoms. The van der Waals surface area contributed by atoms with Gasteiger partial charge in [0.25, 0.3) is 0 Å². The molecule has 3 aromatic carbocycles. The summed E-state index contributed by atoms with van der Waals surface area (Å²) in [5.41, 5.74) is 1.80. The highest BCUT2D eigenvalue weighted by molar-refractivity contribution is 6.35. The molecule has 0 unspecified atom stereocenters. The lowest BCUT2D eigenvalue weighted by atomic mass is 10.1. The van der Waals surface area contributed by atoms with Crippen LogP contribution >= 0.6 is 23.2 Å². The van der Waals surface area contributed by atoms with Crippen LogP contribution in [0.2, 0.25) is 10.0 Å². The van der Waals surface area contributed by atoms with Crippen LogP contribution in [-0.2, 0) is 4.79 Å². The van der Waals surface area contributed by atoms with Gasteiger partial charge in [-0.2, -0.15) is 0 Å². The SMILES string of the molecule is O=C(COc1ccc(Cl)cc1Cl)Oc1ccccc1-c1ccccc1. The second kappa shape index (κ2) is 8.06. The lowest BCUT2D eigenvalue weighted by molar-refractivity contribution is -0.136. The van der Waals surface area contributed by atoms with Crippen molar-refractivity contribution in [2.45, 2.75) is 0 Å². The van der Waals surface area contributed by atoms with E-state index >= 15 is 0 Å². The lowest BCUT2D eigenvalue weighted by Gasteiger charge is -2.11. The molecule has 0 radical (unpaired) electrons. The highest BCUT2D eigenvalue weighted by Gasteiger charge is 2.12. The van der Waals surface area contributed by atoms with E-state index in [2.05, 4.69) is 0 Å². The van der Waals surface area contributed by atoms with E-state index in [0.717, 1.165) is 11.1 Å². The Morgan fingerprint density at radius 2 is 1.56 bits per heavy atom. The molecule has 0 bridgehead atoms. The first kappa shape index (κ1) is 17.3. The van der Waals surface area contributed by atoms with Crippen molar-refractivity contribution in [2.75, 3.05) is 6.61 Å². The van der Waals surface area contributed by atoms with E-state index in [9.17, 15) is 4.79 Å². The summed E-state index contributed by atoms with van der Waals surface area (Å²) in [5, 5.41) is 0.835. The first-order chi connectivity index (χ1) is 12.1. The minimum Gasteiger partial charge on any atom is -0.480 e. The van der Waals surface area contributed by atoms with Gasteiger partial charge in [0, 0.05) is 10.6 Å². The number of rotatable bonds is 5. The van der Waals surface area contributed by atoms with Crippen molar-refractivity contribution in [1.82, 2.24) is 0 Å². The molecule has 0 aliphatic rings. The molecule has 3 aromatic rings. The predicted octanol–water partition coefficient (Wildman–Crippen LogP) is 5.64. The van der Waals surface area contributed by atoms with E-state index < -0.39 is 5.97 Å². The molecule has 25 heavy (non-hydrogen) atoms. The molecular formula is C20H14Cl2O3. The third-order valence-electron chi connectivity index (χ3n) is 3.44. The van der Waals surface area contributed by atoms with Crippen LogP contribution in [0.5, 0.6) is 11.5 Å². The summed E-state index contributed by atoms with van der Waals surface area (Å²) in [4.78, 5) is 12.1. The van der Waals surface area contributed by atoms with Crippen molar-refractivity contribution in [3.63, 3.8) is 0 Å². The maximum atomic E-state index is 12.1. The van der Waals surface area contributed by atoms with Gasteiger partial charge < -0.3 is 9.47 Å². The molecule has 126 valence electrons. The number of hydrogen-bond donors (Lipinski definition) is 0. The molecule has 0 saturated carbocycles. The lowest BCUT2D eigenvalue weighted by Crippen LogP contribution is -2.18. The van der Waals surface area contributed by atoms with Crippen LogP contribution in [-0.4, -0.2) is 12.6 Å². The van der Waals surface area contributed by atoms with Gasteiger partial charge in [-0.25, -0.2) is 4.79 Å². The van der Waals surface area contributed by atoms with Crippen molar-refractivity contribution in [2.24, 2.45) is 0 Å². The molecular weight excluding hydrogens is 359 g/mol. The zero-order valence-electron chi connectivity index (χ0n) is 13.1. The van der Waals surface area contributed by atoms with E-state index in [1.54, 1.807) is 24.3 Å². The molecule has 3 rings (SSSR count). The third kappa shape index (κ3) is 4.53. The van der Waals surface area contributed by atoms with Crippen LogP contribution in [0, 0.1) is 0 Å². The first-order valence-corrected chi connectivity index (χ1v) is 8.32. The Morgan fingerprint density at radius 1 is 0.840 bits per heavy atom.